The van der Waals surface area contributed by atoms with Crippen LogP contribution < -0.4 is 10.5 Å². The Morgan fingerprint density at radius 3 is 2.52 bits per heavy atom. The van der Waals surface area contributed by atoms with Crippen LogP contribution in [0.3, 0.4) is 0 Å². The lowest BCUT2D eigenvalue weighted by molar-refractivity contribution is -0.122. The number of hydrogen-bond donors (Lipinski definition) is 0. The maximum atomic E-state index is 13.2. The zero-order chi connectivity index (χ0) is 22.7. The van der Waals surface area contributed by atoms with E-state index in [0.29, 0.717) is 33.8 Å². The van der Waals surface area contributed by atoms with Crippen molar-refractivity contribution < 1.29 is 4.79 Å². The molecule has 1 amide bonds. The predicted molar refractivity (Wildman–Crippen MR) is 131 cm³/mol. The van der Waals surface area contributed by atoms with Crippen molar-refractivity contribution in [2.45, 2.75) is 59.9 Å². The van der Waals surface area contributed by atoms with Crippen molar-refractivity contribution in [1.29, 1.82) is 5.26 Å². The number of anilines is 1. The van der Waals surface area contributed by atoms with E-state index in [2.05, 4.69) is 31.7 Å². The van der Waals surface area contributed by atoms with Gasteiger partial charge in [-0.1, -0.05) is 51.2 Å². The molecular formula is C23H30N4O2S2. The van der Waals surface area contributed by atoms with E-state index in [1.807, 2.05) is 13.0 Å². The van der Waals surface area contributed by atoms with Gasteiger partial charge in [0.05, 0.1) is 4.91 Å². The van der Waals surface area contributed by atoms with Gasteiger partial charge in [0.15, 0.2) is 0 Å². The number of thiocarbonyl (C=S) groups is 1. The average molecular weight is 459 g/mol. The Bertz CT molecular complexity index is 1010. The van der Waals surface area contributed by atoms with Gasteiger partial charge in [-0.15, -0.1) is 0 Å². The first-order chi connectivity index (χ1) is 14.8. The molecule has 0 atom stereocenters. The minimum absolute atomic E-state index is 0.0970. The van der Waals surface area contributed by atoms with Crippen LogP contribution >= 0.6 is 24.0 Å². The molecule has 1 aromatic heterocycles. The van der Waals surface area contributed by atoms with Gasteiger partial charge in [-0.25, -0.2) is 0 Å². The molecular weight excluding hydrogens is 428 g/mol. The van der Waals surface area contributed by atoms with Crippen molar-refractivity contribution >= 4 is 46.1 Å². The molecule has 8 heteroatoms. The van der Waals surface area contributed by atoms with Crippen molar-refractivity contribution in [2.75, 3.05) is 24.5 Å². The van der Waals surface area contributed by atoms with Crippen LogP contribution in [0.1, 0.15) is 63.1 Å². The standard InChI is InChI=1S/C23H30N4O2S2/c1-5-6-11-26-20(25-9-7-8-10-25)17(16(4)18(13-24)21(26)28)12-19-22(29)27(14-15(2)3)23(30)31-19/h12,15H,5-11,14H2,1-4H3/b19-12-. The Morgan fingerprint density at radius 1 is 1.26 bits per heavy atom. The molecule has 0 aromatic carbocycles. The van der Waals surface area contributed by atoms with Crippen LogP contribution in [-0.4, -0.2) is 39.3 Å². The van der Waals surface area contributed by atoms with E-state index in [4.69, 9.17) is 12.2 Å². The van der Waals surface area contributed by atoms with Crippen molar-refractivity contribution in [2.24, 2.45) is 5.92 Å². The minimum atomic E-state index is -0.236. The van der Waals surface area contributed by atoms with Gasteiger partial charge in [0, 0.05) is 31.7 Å². The molecule has 166 valence electrons. The molecule has 0 unspecified atom stereocenters. The van der Waals surface area contributed by atoms with E-state index in [-0.39, 0.29) is 17.0 Å². The Morgan fingerprint density at radius 2 is 1.94 bits per heavy atom. The molecule has 6 nitrogen and oxygen atoms in total. The monoisotopic (exact) mass is 458 g/mol. The highest BCUT2D eigenvalue weighted by Crippen LogP contribution is 2.36. The number of amides is 1. The van der Waals surface area contributed by atoms with Crippen molar-refractivity contribution in [3.05, 3.63) is 31.9 Å². The molecule has 0 radical (unpaired) electrons. The molecule has 2 aliphatic rings. The van der Waals surface area contributed by atoms with E-state index >= 15 is 0 Å². The quantitative estimate of drug-likeness (QED) is 0.449. The van der Waals surface area contributed by atoms with Crippen LogP contribution in [0.5, 0.6) is 0 Å². The second-order valence-corrected chi connectivity index (χ2v) is 10.2. The fraction of sp³-hybridized carbons (Fsp3) is 0.565. The topological polar surface area (TPSA) is 69.3 Å². The van der Waals surface area contributed by atoms with Gasteiger partial charge in [-0.3, -0.25) is 19.1 Å². The van der Waals surface area contributed by atoms with Crippen molar-refractivity contribution in [3.8, 4) is 6.07 Å². The molecule has 3 rings (SSSR count). The highest BCUT2D eigenvalue weighted by molar-refractivity contribution is 8.26. The number of carbonyl (C=O) groups is 1. The predicted octanol–water partition coefficient (Wildman–Crippen LogP) is 4.29. The molecule has 0 aliphatic carbocycles. The third kappa shape index (κ3) is 4.73. The lowest BCUT2D eigenvalue weighted by atomic mass is 10.0. The summed E-state index contributed by atoms with van der Waals surface area (Å²) in [7, 11) is 0. The van der Waals surface area contributed by atoms with E-state index in [9.17, 15) is 14.9 Å². The average Bonchev–Trinajstić information content (AvgIpc) is 3.34. The van der Waals surface area contributed by atoms with Gasteiger partial charge in [0.2, 0.25) is 0 Å². The van der Waals surface area contributed by atoms with Gasteiger partial charge in [0.1, 0.15) is 21.8 Å². The summed E-state index contributed by atoms with van der Waals surface area (Å²) < 4.78 is 2.31. The third-order valence-electron chi connectivity index (χ3n) is 5.68. The SMILES string of the molecule is CCCCn1c(N2CCCC2)c(/C=C2\SC(=S)N(CC(C)C)C2=O)c(C)c(C#N)c1=O. The van der Waals surface area contributed by atoms with Gasteiger partial charge < -0.3 is 4.90 Å². The first-order valence-electron chi connectivity index (χ1n) is 11.0. The first-order valence-corrected chi connectivity index (χ1v) is 12.2. The number of nitriles is 1. The summed E-state index contributed by atoms with van der Waals surface area (Å²) in [6, 6.07) is 2.11. The maximum Gasteiger partial charge on any atom is 0.270 e. The Hall–Kier alpha value is -2.11. The van der Waals surface area contributed by atoms with E-state index in [1.165, 1.54) is 11.8 Å². The van der Waals surface area contributed by atoms with Gasteiger partial charge in [0.25, 0.3) is 11.5 Å². The molecule has 2 aliphatic heterocycles. The lowest BCUT2D eigenvalue weighted by Crippen LogP contribution is -2.33. The van der Waals surface area contributed by atoms with Gasteiger partial charge in [-0.05, 0) is 43.7 Å². The maximum absolute atomic E-state index is 13.2. The molecule has 0 spiro atoms. The second kappa shape index (κ2) is 10.0. The number of rotatable bonds is 7. The number of hydrogen-bond acceptors (Lipinski definition) is 6. The number of aromatic nitrogens is 1. The van der Waals surface area contributed by atoms with Crippen LogP contribution in [0.4, 0.5) is 5.82 Å². The summed E-state index contributed by atoms with van der Waals surface area (Å²) >= 11 is 6.76. The molecule has 2 fully saturated rings. The summed E-state index contributed by atoms with van der Waals surface area (Å²) in [4.78, 5) is 30.7. The number of thioether (sulfide) groups is 1. The molecule has 0 bridgehead atoms. The normalized spacial score (nSPS) is 18.0. The van der Waals surface area contributed by atoms with Crippen LogP contribution in [-0.2, 0) is 11.3 Å². The summed E-state index contributed by atoms with van der Waals surface area (Å²) in [5.41, 5.74) is 1.35. The summed E-state index contributed by atoms with van der Waals surface area (Å²) in [5.74, 6) is 1.05. The van der Waals surface area contributed by atoms with Crippen LogP contribution in [0.2, 0.25) is 0 Å². The molecule has 1 aromatic rings. The fourth-order valence-corrected chi connectivity index (χ4v) is 5.35. The Kier molecular flexibility index (Phi) is 7.60. The highest BCUT2D eigenvalue weighted by Gasteiger charge is 2.33. The van der Waals surface area contributed by atoms with Crippen LogP contribution in [0.25, 0.3) is 6.08 Å². The number of nitrogens with zero attached hydrogens (tertiary/aromatic N) is 4. The Balaban J connectivity index is 2.20. The van der Waals surface area contributed by atoms with Crippen molar-refractivity contribution in [3.63, 3.8) is 0 Å². The molecule has 31 heavy (non-hydrogen) atoms. The molecule has 0 N–H and O–H groups in total. The largest absolute Gasteiger partial charge is 0.357 e. The highest BCUT2D eigenvalue weighted by atomic mass is 32.2. The minimum Gasteiger partial charge on any atom is -0.357 e. The number of pyridine rings is 1. The fourth-order valence-electron chi connectivity index (χ4n) is 4.09. The Labute approximate surface area is 193 Å². The second-order valence-electron chi connectivity index (χ2n) is 8.54. The molecule has 3 heterocycles. The third-order valence-corrected chi connectivity index (χ3v) is 7.06. The van der Waals surface area contributed by atoms with E-state index < -0.39 is 0 Å². The van der Waals surface area contributed by atoms with E-state index in [0.717, 1.165) is 50.2 Å². The zero-order valence-electron chi connectivity index (χ0n) is 18.7. The van der Waals surface area contributed by atoms with Crippen molar-refractivity contribution in [1.82, 2.24) is 9.47 Å². The molecule has 0 saturated carbocycles. The van der Waals surface area contributed by atoms with Crippen LogP contribution in [0.15, 0.2) is 9.70 Å². The molecule has 2 saturated heterocycles. The zero-order valence-corrected chi connectivity index (χ0v) is 20.4. The lowest BCUT2D eigenvalue weighted by Gasteiger charge is -2.27. The summed E-state index contributed by atoms with van der Waals surface area (Å²) in [6.45, 7) is 10.9. The summed E-state index contributed by atoms with van der Waals surface area (Å²) in [6.07, 6.45) is 5.79. The van der Waals surface area contributed by atoms with E-state index in [1.54, 1.807) is 9.47 Å². The first kappa shape index (κ1) is 23.6. The summed E-state index contributed by atoms with van der Waals surface area (Å²) in [5, 5.41) is 9.73. The van der Waals surface area contributed by atoms with Crippen LogP contribution in [0, 0.1) is 24.2 Å². The smallest absolute Gasteiger partial charge is 0.270 e. The van der Waals surface area contributed by atoms with Gasteiger partial charge in [-0.2, -0.15) is 5.26 Å². The van der Waals surface area contributed by atoms with Gasteiger partial charge >= 0.3 is 0 Å². The number of carbonyl (C=O) groups excluding carboxylic acids is 1. The number of unbranched alkanes of at least 4 members (excludes halogenated alkanes) is 1.